The van der Waals surface area contributed by atoms with Gasteiger partial charge in [-0.05, 0) is 43.0 Å². The molecule has 2 atom stereocenters. The van der Waals surface area contributed by atoms with Gasteiger partial charge in [-0.25, -0.2) is 0 Å². The van der Waals surface area contributed by atoms with E-state index in [4.69, 9.17) is 5.73 Å². The minimum absolute atomic E-state index is 0.0450. The number of carbonyl (C=O) groups is 2. The Bertz CT molecular complexity index is 513. The van der Waals surface area contributed by atoms with Crippen molar-refractivity contribution in [3.8, 4) is 0 Å². The first-order chi connectivity index (χ1) is 10.6. The van der Waals surface area contributed by atoms with Gasteiger partial charge in [0, 0.05) is 25.1 Å². The summed E-state index contributed by atoms with van der Waals surface area (Å²) in [6.07, 6.45) is 4.45. The molecule has 0 radical (unpaired) electrons. The highest BCUT2D eigenvalue weighted by molar-refractivity contribution is 5.94. The Morgan fingerprint density at radius 2 is 1.86 bits per heavy atom. The highest BCUT2D eigenvalue weighted by Gasteiger charge is 2.25. The SMILES string of the molecule is CC(=O)NCc1ccc(C(=O)NC2CCCCC2CN)cc1. The van der Waals surface area contributed by atoms with Crippen LogP contribution in [0, 0.1) is 5.92 Å². The molecule has 0 spiro atoms. The topological polar surface area (TPSA) is 84.2 Å². The first kappa shape index (κ1) is 16.5. The van der Waals surface area contributed by atoms with E-state index >= 15 is 0 Å². The Labute approximate surface area is 131 Å². The molecule has 5 nitrogen and oxygen atoms in total. The maximum absolute atomic E-state index is 12.3. The number of hydrogen-bond donors (Lipinski definition) is 3. The van der Waals surface area contributed by atoms with Crippen molar-refractivity contribution in [3.63, 3.8) is 0 Å². The molecule has 5 heteroatoms. The molecule has 1 saturated carbocycles. The summed E-state index contributed by atoms with van der Waals surface area (Å²) >= 11 is 0. The van der Waals surface area contributed by atoms with Crippen LogP contribution >= 0.6 is 0 Å². The molecule has 1 fully saturated rings. The zero-order valence-electron chi connectivity index (χ0n) is 13.1. The van der Waals surface area contributed by atoms with Gasteiger partial charge in [0.1, 0.15) is 0 Å². The lowest BCUT2D eigenvalue weighted by atomic mass is 9.84. The van der Waals surface area contributed by atoms with Crippen molar-refractivity contribution in [1.29, 1.82) is 0 Å². The molecule has 4 N–H and O–H groups in total. The second-order valence-corrected chi connectivity index (χ2v) is 5.97. The largest absolute Gasteiger partial charge is 0.352 e. The smallest absolute Gasteiger partial charge is 0.251 e. The summed E-state index contributed by atoms with van der Waals surface area (Å²) in [5.74, 6) is 0.278. The Hall–Kier alpha value is -1.88. The number of nitrogens with two attached hydrogens (primary N) is 1. The van der Waals surface area contributed by atoms with Crippen molar-refractivity contribution in [3.05, 3.63) is 35.4 Å². The van der Waals surface area contributed by atoms with Crippen molar-refractivity contribution >= 4 is 11.8 Å². The molecule has 0 heterocycles. The van der Waals surface area contributed by atoms with Crippen LogP contribution in [0.2, 0.25) is 0 Å². The number of amides is 2. The van der Waals surface area contributed by atoms with Gasteiger partial charge in [0.25, 0.3) is 5.91 Å². The third-order valence-corrected chi connectivity index (χ3v) is 4.29. The lowest BCUT2D eigenvalue weighted by Gasteiger charge is -2.31. The van der Waals surface area contributed by atoms with E-state index in [2.05, 4.69) is 10.6 Å². The van der Waals surface area contributed by atoms with Gasteiger partial charge in [0.15, 0.2) is 0 Å². The van der Waals surface area contributed by atoms with E-state index in [1.807, 2.05) is 12.1 Å². The Morgan fingerprint density at radius 1 is 1.18 bits per heavy atom. The average molecular weight is 303 g/mol. The average Bonchev–Trinajstić information content (AvgIpc) is 2.54. The lowest BCUT2D eigenvalue weighted by Crippen LogP contribution is -2.44. The molecular formula is C17H25N3O2. The van der Waals surface area contributed by atoms with Gasteiger partial charge in [-0.2, -0.15) is 0 Å². The van der Waals surface area contributed by atoms with Crippen molar-refractivity contribution < 1.29 is 9.59 Å². The normalized spacial score (nSPS) is 21.2. The minimum atomic E-state index is -0.0630. The van der Waals surface area contributed by atoms with Crippen LogP contribution in [0.25, 0.3) is 0 Å². The minimum Gasteiger partial charge on any atom is -0.352 e. The first-order valence-electron chi connectivity index (χ1n) is 7.94. The molecule has 0 aliphatic heterocycles. The highest BCUT2D eigenvalue weighted by atomic mass is 16.2. The van der Waals surface area contributed by atoms with Gasteiger partial charge < -0.3 is 16.4 Å². The fourth-order valence-corrected chi connectivity index (χ4v) is 2.93. The molecule has 2 amide bonds. The maximum atomic E-state index is 12.3. The van der Waals surface area contributed by atoms with Crippen LogP contribution in [-0.4, -0.2) is 24.4 Å². The van der Waals surface area contributed by atoms with Crippen molar-refractivity contribution in [2.24, 2.45) is 11.7 Å². The third-order valence-electron chi connectivity index (χ3n) is 4.29. The van der Waals surface area contributed by atoms with Gasteiger partial charge in [-0.15, -0.1) is 0 Å². The molecule has 1 aromatic rings. The van der Waals surface area contributed by atoms with Crippen LogP contribution in [-0.2, 0) is 11.3 Å². The predicted molar refractivity (Wildman–Crippen MR) is 86.2 cm³/mol. The van der Waals surface area contributed by atoms with Gasteiger partial charge in [0.2, 0.25) is 5.91 Å². The summed E-state index contributed by atoms with van der Waals surface area (Å²) in [7, 11) is 0. The predicted octanol–water partition coefficient (Wildman–Crippen LogP) is 1.57. The van der Waals surface area contributed by atoms with Crippen molar-refractivity contribution in [2.75, 3.05) is 6.54 Å². The third kappa shape index (κ3) is 4.56. The Morgan fingerprint density at radius 3 is 2.50 bits per heavy atom. The molecular weight excluding hydrogens is 278 g/mol. The fourth-order valence-electron chi connectivity index (χ4n) is 2.93. The van der Waals surface area contributed by atoms with Crippen LogP contribution in [0.3, 0.4) is 0 Å². The van der Waals surface area contributed by atoms with E-state index in [9.17, 15) is 9.59 Å². The molecule has 1 aliphatic rings. The van der Waals surface area contributed by atoms with E-state index in [0.717, 1.165) is 24.8 Å². The Kier molecular flexibility index (Phi) is 5.95. The van der Waals surface area contributed by atoms with Crippen LogP contribution in [0.4, 0.5) is 0 Å². The summed E-state index contributed by atoms with van der Waals surface area (Å²) in [4.78, 5) is 23.2. The number of nitrogens with one attached hydrogen (secondary N) is 2. The highest BCUT2D eigenvalue weighted by Crippen LogP contribution is 2.23. The molecule has 0 saturated heterocycles. The van der Waals surface area contributed by atoms with E-state index in [0.29, 0.717) is 24.6 Å². The first-order valence-corrected chi connectivity index (χ1v) is 7.94. The standard InChI is InChI=1S/C17H25N3O2/c1-12(21)19-11-13-6-8-14(9-7-13)17(22)20-16-5-3-2-4-15(16)10-18/h6-9,15-16H,2-5,10-11,18H2,1H3,(H,19,21)(H,20,22). The molecule has 0 aromatic heterocycles. The van der Waals surface area contributed by atoms with Crippen LogP contribution in [0.5, 0.6) is 0 Å². The second kappa shape index (κ2) is 7.94. The van der Waals surface area contributed by atoms with Crippen molar-refractivity contribution in [1.82, 2.24) is 10.6 Å². The van der Waals surface area contributed by atoms with E-state index in [-0.39, 0.29) is 17.9 Å². The quantitative estimate of drug-likeness (QED) is 0.772. The van der Waals surface area contributed by atoms with Crippen LogP contribution < -0.4 is 16.4 Å². The lowest BCUT2D eigenvalue weighted by molar-refractivity contribution is -0.119. The summed E-state index contributed by atoms with van der Waals surface area (Å²) in [6.45, 7) is 2.59. The number of hydrogen-bond acceptors (Lipinski definition) is 3. The number of carbonyl (C=O) groups excluding carboxylic acids is 2. The molecule has 1 aromatic carbocycles. The molecule has 0 bridgehead atoms. The second-order valence-electron chi connectivity index (χ2n) is 5.97. The van der Waals surface area contributed by atoms with Gasteiger partial charge in [-0.1, -0.05) is 25.0 Å². The monoisotopic (exact) mass is 303 g/mol. The molecule has 22 heavy (non-hydrogen) atoms. The van der Waals surface area contributed by atoms with Crippen molar-refractivity contribution in [2.45, 2.75) is 45.2 Å². The van der Waals surface area contributed by atoms with Gasteiger partial charge in [-0.3, -0.25) is 9.59 Å². The molecule has 2 rings (SSSR count). The maximum Gasteiger partial charge on any atom is 0.251 e. The summed E-state index contributed by atoms with van der Waals surface area (Å²) < 4.78 is 0. The van der Waals surface area contributed by atoms with E-state index in [1.54, 1.807) is 12.1 Å². The molecule has 120 valence electrons. The zero-order valence-corrected chi connectivity index (χ0v) is 13.1. The molecule has 2 unspecified atom stereocenters. The number of rotatable bonds is 5. The zero-order chi connectivity index (χ0) is 15.9. The fraction of sp³-hybridized carbons (Fsp3) is 0.529. The van der Waals surface area contributed by atoms with Crippen LogP contribution in [0.15, 0.2) is 24.3 Å². The summed E-state index contributed by atoms with van der Waals surface area (Å²) in [5.41, 5.74) is 7.42. The summed E-state index contributed by atoms with van der Waals surface area (Å²) in [5, 5.41) is 5.85. The molecule has 1 aliphatic carbocycles. The Balaban J connectivity index is 1.93. The van der Waals surface area contributed by atoms with Gasteiger partial charge >= 0.3 is 0 Å². The number of benzene rings is 1. The van der Waals surface area contributed by atoms with E-state index in [1.165, 1.54) is 13.3 Å². The van der Waals surface area contributed by atoms with Crippen LogP contribution in [0.1, 0.15) is 48.5 Å². The summed E-state index contributed by atoms with van der Waals surface area (Å²) in [6, 6.07) is 7.52. The van der Waals surface area contributed by atoms with Gasteiger partial charge in [0.05, 0.1) is 0 Å². The van der Waals surface area contributed by atoms with E-state index < -0.39 is 0 Å².